The quantitative estimate of drug-likeness (QED) is 0.334. The van der Waals surface area contributed by atoms with Crippen molar-refractivity contribution in [2.45, 2.75) is 91.0 Å². The molecule has 0 saturated heterocycles. The molecule has 4 N–H and O–H groups in total. The molecule has 10 heteroatoms. The van der Waals surface area contributed by atoms with Gasteiger partial charge in [0.1, 0.15) is 23.4 Å². The zero-order chi connectivity index (χ0) is 31.0. The summed E-state index contributed by atoms with van der Waals surface area (Å²) < 4.78 is 10.6. The fourth-order valence-corrected chi connectivity index (χ4v) is 4.25. The molecule has 2 aromatic rings. The molecule has 0 aliphatic carbocycles. The Morgan fingerprint density at radius 3 is 2.15 bits per heavy atom. The minimum Gasteiger partial charge on any atom is -0.497 e. The zero-order valence-electron chi connectivity index (χ0n) is 25.4. The molecule has 0 aromatic heterocycles. The van der Waals surface area contributed by atoms with E-state index in [1.807, 2.05) is 45.9 Å². The van der Waals surface area contributed by atoms with Crippen molar-refractivity contribution >= 4 is 29.5 Å². The number of primary amides is 1. The molecular formula is C31H44N4O6. The first-order chi connectivity index (χ1) is 19.1. The van der Waals surface area contributed by atoms with Gasteiger partial charge in [-0.1, -0.05) is 36.8 Å². The van der Waals surface area contributed by atoms with Crippen LogP contribution in [0.2, 0.25) is 0 Å². The van der Waals surface area contributed by atoms with Crippen LogP contribution in [0, 0.1) is 6.92 Å². The van der Waals surface area contributed by atoms with Gasteiger partial charge in [0.25, 0.3) is 5.91 Å². The molecule has 0 aliphatic rings. The number of hydrogen-bond acceptors (Lipinski definition) is 6. The first kappa shape index (κ1) is 33.1. The Morgan fingerprint density at radius 1 is 1.00 bits per heavy atom. The third-order valence-electron chi connectivity index (χ3n) is 6.65. The first-order valence-corrected chi connectivity index (χ1v) is 13.7. The molecule has 2 atom stereocenters. The van der Waals surface area contributed by atoms with Crippen molar-refractivity contribution < 1.29 is 28.7 Å². The Bertz CT molecular complexity index is 1220. The van der Waals surface area contributed by atoms with Crippen LogP contribution in [0.1, 0.15) is 78.0 Å². The highest BCUT2D eigenvalue weighted by atomic mass is 16.6. The number of ether oxygens (including phenoxy) is 2. The molecule has 0 saturated carbocycles. The van der Waals surface area contributed by atoms with E-state index in [4.69, 9.17) is 15.2 Å². The molecule has 2 unspecified atom stereocenters. The van der Waals surface area contributed by atoms with Gasteiger partial charge in [0.2, 0.25) is 11.8 Å². The molecular weight excluding hydrogens is 524 g/mol. The second-order valence-corrected chi connectivity index (χ2v) is 11.6. The van der Waals surface area contributed by atoms with Crippen molar-refractivity contribution in [3.05, 3.63) is 59.7 Å². The predicted molar refractivity (Wildman–Crippen MR) is 158 cm³/mol. The summed E-state index contributed by atoms with van der Waals surface area (Å²) in [6.45, 7) is 12.6. The lowest BCUT2D eigenvalue weighted by molar-refractivity contribution is -0.148. The summed E-state index contributed by atoms with van der Waals surface area (Å²) >= 11 is 0. The van der Waals surface area contributed by atoms with Crippen LogP contribution in [-0.2, 0) is 19.1 Å². The van der Waals surface area contributed by atoms with E-state index >= 15 is 0 Å². The van der Waals surface area contributed by atoms with Gasteiger partial charge in [-0.3, -0.25) is 14.4 Å². The second-order valence-electron chi connectivity index (χ2n) is 11.6. The summed E-state index contributed by atoms with van der Waals surface area (Å²) in [7, 11) is 1.55. The van der Waals surface area contributed by atoms with E-state index in [1.165, 1.54) is 4.90 Å². The number of carbonyl (C=O) groups excluding carboxylic acids is 4. The maximum Gasteiger partial charge on any atom is 0.408 e. The van der Waals surface area contributed by atoms with Crippen molar-refractivity contribution in [1.29, 1.82) is 0 Å². The topological polar surface area (TPSA) is 140 Å². The molecule has 4 amide bonds. The number of rotatable bonds is 12. The number of methoxy groups -OCH3 is 1. The van der Waals surface area contributed by atoms with Crippen molar-refractivity contribution in [1.82, 2.24) is 10.2 Å². The molecule has 0 fully saturated rings. The fourth-order valence-electron chi connectivity index (χ4n) is 4.25. The smallest absolute Gasteiger partial charge is 0.408 e. The van der Waals surface area contributed by atoms with E-state index in [9.17, 15) is 19.2 Å². The Labute approximate surface area is 242 Å². The molecule has 41 heavy (non-hydrogen) atoms. The summed E-state index contributed by atoms with van der Waals surface area (Å²) in [6.07, 6.45) is -0.542. The van der Waals surface area contributed by atoms with Crippen LogP contribution in [0.5, 0.6) is 5.75 Å². The van der Waals surface area contributed by atoms with Gasteiger partial charge < -0.3 is 30.7 Å². The largest absolute Gasteiger partial charge is 0.497 e. The van der Waals surface area contributed by atoms with Crippen LogP contribution >= 0.6 is 0 Å². The SMILES string of the molecule is CCC(C)(C)N(C(=O)C(CCC(N)=O)NC(=O)OC(C)(C)C)C(C(=O)Nc1ccc(OC)cc1)c1cccc(C)c1. The van der Waals surface area contributed by atoms with E-state index in [1.54, 1.807) is 58.2 Å². The maximum absolute atomic E-state index is 14.4. The number of amides is 4. The number of benzene rings is 2. The number of alkyl carbamates (subject to hydrolysis) is 1. The normalized spacial score (nSPS) is 13.0. The number of anilines is 1. The van der Waals surface area contributed by atoms with E-state index in [-0.39, 0.29) is 12.8 Å². The summed E-state index contributed by atoms with van der Waals surface area (Å²) in [5.41, 5.74) is 5.77. The van der Waals surface area contributed by atoms with Gasteiger partial charge in [0.05, 0.1) is 7.11 Å². The van der Waals surface area contributed by atoms with Gasteiger partial charge in [-0.15, -0.1) is 0 Å². The van der Waals surface area contributed by atoms with Crippen LogP contribution < -0.4 is 21.1 Å². The standard InChI is InChI=1S/C31H44N4O6/c1-9-31(6,7)35(28(38)24(17-18-25(32)36)34-29(39)41-30(3,4)5)26(21-12-10-11-20(2)19-21)27(37)33-22-13-15-23(40-8)16-14-22/h10-16,19,24,26H,9,17-18H2,1-8H3,(H2,32,36)(H,33,37)(H,34,39). The lowest BCUT2D eigenvalue weighted by Crippen LogP contribution is -2.59. The highest BCUT2D eigenvalue weighted by Crippen LogP contribution is 2.34. The van der Waals surface area contributed by atoms with E-state index in [0.29, 0.717) is 23.4 Å². The molecule has 0 radical (unpaired) electrons. The summed E-state index contributed by atoms with van der Waals surface area (Å²) in [6, 6.07) is 12.0. The van der Waals surface area contributed by atoms with E-state index in [0.717, 1.165) is 5.56 Å². The fraction of sp³-hybridized carbons (Fsp3) is 0.484. The summed E-state index contributed by atoms with van der Waals surface area (Å²) in [5.74, 6) is -0.975. The van der Waals surface area contributed by atoms with Crippen molar-refractivity contribution in [3.8, 4) is 5.75 Å². The van der Waals surface area contributed by atoms with Crippen LogP contribution in [-0.4, -0.2) is 53.0 Å². The van der Waals surface area contributed by atoms with Crippen LogP contribution in [0.25, 0.3) is 0 Å². The molecule has 0 bridgehead atoms. The minimum absolute atomic E-state index is 0.0651. The first-order valence-electron chi connectivity index (χ1n) is 13.7. The molecule has 224 valence electrons. The van der Waals surface area contributed by atoms with Gasteiger partial charge in [0.15, 0.2) is 0 Å². The van der Waals surface area contributed by atoms with Crippen molar-refractivity contribution in [2.24, 2.45) is 5.73 Å². The van der Waals surface area contributed by atoms with Gasteiger partial charge >= 0.3 is 6.09 Å². The molecule has 2 rings (SSSR count). The number of nitrogens with zero attached hydrogens (tertiary/aromatic N) is 1. The molecule has 0 aliphatic heterocycles. The lowest BCUT2D eigenvalue weighted by Gasteiger charge is -2.44. The van der Waals surface area contributed by atoms with Gasteiger partial charge in [-0.05, 0) is 84.2 Å². The van der Waals surface area contributed by atoms with Crippen LogP contribution in [0.15, 0.2) is 48.5 Å². The molecule has 10 nitrogen and oxygen atoms in total. The summed E-state index contributed by atoms with van der Waals surface area (Å²) in [5, 5.41) is 5.55. The number of aryl methyl sites for hydroxylation is 1. The third kappa shape index (κ3) is 9.81. The van der Waals surface area contributed by atoms with Gasteiger partial charge in [-0.2, -0.15) is 0 Å². The van der Waals surface area contributed by atoms with Crippen molar-refractivity contribution in [3.63, 3.8) is 0 Å². The minimum atomic E-state index is -1.18. The highest BCUT2D eigenvalue weighted by molar-refractivity contribution is 5.99. The number of carbonyl (C=O) groups is 4. The number of hydrogen-bond donors (Lipinski definition) is 3. The van der Waals surface area contributed by atoms with Gasteiger partial charge in [0, 0.05) is 17.6 Å². The lowest BCUT2D eigenvalue weighted by atomic mass is 9.91. The third-order valence-corrected chi connectivity index (χ3v) is 6.65. The highest BCUT2D eigenvalue weighted by Gasteiger charge is 2.43. The second kappa shape index (κ2) is 14.0. The van der Waals surface area contributed by atoms with E-state index in [2.05, 4.69) is 10.6 Å². The molecule has 0 spiro atoms. The maximum atomic E-state index is 14.4. The van der Waals surface area contributed by atoms with Crippen LogP contribution in [0.3, 0.4) is 0 Å². The predicted octanol–water partition coefficient (Wildman–Crippen LogP) is 4.86. The average molecular weight is 569 g/mol. The van der Waals surface area contributed by atoms with E-state index < -0.39 is 47.0 Å². The average Bonchev–Trinajstić information content (AvgIpc) is 2.88. The van der Waals surface area contributed by atoms with Gasteiger partial charge in [-0.25, -0.2) is 4.79 Å². The Kier molecular flexibility index (Phi) is 11.3. The summed E-state index contributed by atoms with van der Waals surface area (Å²) in [4.78, 5) is 54.4. The molecule has 0 heterocycles. The zero-order valence-corrected chi connectivity index (χ0v) is 25.4. The Hall–Kier alpha value is -4.08. The monoisotopic (exact) mass is 568 g/mol. The van der Waals surface area contributed by atoms with Crippen LogP contribution in [0.4, 0.5) is 10.5 Å². The number of nitrogens with two attached hydrogens (primary N) is 1. The Balaban J connectivity index is 2.63. The van der Waals surface area contributed by atoms with Crippen molar-refractivity contribution in [2.75, 3.05) is 12.4 Å². The Morgan fingerprint density at radius 2 is 1.63 bits per heavy atom. The number of nitrogens with one attached hydrogen (secondary N) is 2. The molecule has 2 aromatic carbocycles.